The van der Waals surface area contributed by atoms with E-state index in [0.717, 1.165) is 0 Å². The van der Waals surface area contributed by atoms with Crippen molar-refractivity contribution in [1.29, 1.82) is 0 Å². The van der Waals surface area contributed by atoms with E-state index in [9.17, 15) is 13.0 Å². The van der Waals surface area contributed by atoms with Crippen molar-refractivity contribution in [3.8, 4) is 0 Å². The Labute approximate surface area is 47.8 Å². The molecule has 0 aromatic carbocycles. The van der Waals surface area contributed by atoms with Crippen molar-refractivity contribution < 1.29 is 13.0 Å². The minimum atomic E-state index is -4.27. The Morgan fingerprint density at radius 2 is 2.12 bits per heavy atom. The fraction of sp³-hybridized carbons (Fsp3) is 1.00. The van der Waals surface area contributed by atoms with Gasteiger partial charge in [-0.2, -0.15) is 0 Å². The van der Waals surface area contributed by atoms with Crippen molar-refractivity contribution in [1.82, 2.24) is 4.72 Å². The predicted octanol–water partition coefficient (Wildman–Crippen LogP) is -2.01. The Hall–Kier alpha value is -0.170. The predicted molar refractivity (Wildman–Crippen MR) is 26.8 cm³/mol. The lowest BCUT2D eigenvalue weighted by Gasteiger charge is -2.05. The Balaban J connectivity index is 3.42. The lowest BCUT2D eigenvalue weighted by molar-refractivity contribution is 0.449. The minimum absolute atomic E-state index is 0.00579. The standard InChI is InChI=1S/C2H8N2O3S/c3-1-2-4-8(5,6)7/h4H,1-3H2,(H,5,6,7)/p-1. The third-order valence-corrected chi connectivity index (χ3v) is 0.981. The second kappa shape index (κ2) is 2.98. The molecule has 0 bridgehead atoms. The molecule has 0 heterocycles. The van der Waals surface area contributed by atoms with Gasteiger partial charge < -0.3 is 10.3 Å². The van der Waals surface area contributed by atoms with E-state index >= 15 is 0 Å². The van der Waals surface area contributed by atoms with E-state index in [1.54, 1.807) is 4.72 Å². The Kier molecular flexibility index (Phi) is 2.91. The quantitative estimate of drug-likeness (QED) is 0.442. The van der Waals surface area contributed by atoms with Crippen LogP contribution in [0.1, 0.15) is 0 Å². The number of nitrogens with two attached hydrogens (primary N) is 1. The summed E-state index contributed by atoms with van der Waals surface area (Å²) in [6.07, 6.45) is 0. The van der Waals surface area contributed by atoms with Gasteiger partial charge in [-0.05, 0) is 0 Å². The Morgan fingerprint density at radius 3 is 2.25 bits per heavy atom. The van der Waals surface area contributed by atoms with Crippen LogP contribution < -0.4 is 10.5 Å². The Morgan fingerprint density at radius 1 is 1.62 bits per heavy atom. The van der Waals surface area contributed by atoms with Gasteiger partial charge in [0.1, 0.15) is 0 Å². The van der Waals surface area contributed by atoms with Crippen LogP contribution >= 0.6 is 0 Å². The number of nitrogens with one attached hydrogen (secondary N) is 1. The first kappa shape index (κ1) is 7.83. The highest BCUT2D eigenvalue weighted by Gasteiger charge is 1.86. The molecule has 0 saturated carbocycles. The lowest BCUT2D eigenvalue weighted by atomic mass is 10.7. The molecular formula is C2H7N2O3S-. The van der Waals surface area contributed by atoms with Crippen LogP contribution in [0.3, 0.4) is 0 Å². The number of hydrogen-bond donors (Lipinski definition) is 2. The van der Waals surface area contributed by atoms with Gasteiger partial charge in [0.05, 0.1) is 0 Å². The van der Waals surface area contributed by atoms with Gasteiger partial charge in [0.25, 0.3) is 0 Å². The molecule has 0 spiro atoms. The summed E-state index contributed by atoms with van der Waals surface area (Å²) in [4.78, 5) is 0. The van der Waals surface area contributed by atoms with E-state index in [1.165, 1.54) is 0 Å². The molecule has 0 atom stereocenters. The van der Waals surface area contributed by atoms with Crippen molar-refractivity contribution in [3.05, 3.63) is 0 Å². The first-order chi connectivity index (χ1) is 3.56. The maximum absolute atomic E-state index is 9.67. The normalized spacial score (nSPS) is 11.8. The zero-order valence-corrected chi connectivity index (χ0v) is 4.94. The fourth-order valence-corrected chi connectivity index (χ4v) is 0.552. The van der Waals surface area contributed by atoms with Crippen molar-refractivity contribution in [2.75, 3.05) is 13.1 Å². The fourth-order valence-electron chi connectivity index (χ4n) is 0.184. The smallest absolute Gasteiger partial charge is 0.159 e. The van der Waals surface area contributed by atoms with Crippen LogP contribution in [0.2, 0.25) is 0 Å². The molecule has 0 saturated heterocycles. The molecule has 0 unspecified atom stereocenters. The van der Waals surface area contributed by atoms with E-state index in [-0.39, 0.29) is 13.1 Å². The van der Waals surface area contributed by atoms with Crippen LogP contribution in [-0.4, -0.2) is 26.1 Å². The first-order valence-corrected chi connectivity index (χ1v) is 3.37. The molecule has 3 N–H and O–H groups in total. The zero-order valence-electron chi connectivity index (χ0n) is 4.12. The monoisotopic (exact) mass is 139 g/mol. The number of hydrogen-bond acceptors (Lipinski definition) is 4. The molecule has 0 radical (unpaired) electrons. The van der Waals surface area contributed by atoms with Gasteiger partial charge in [-0.25, -0.2) is 13.1 Å². The van der Waals surface area contributed by atoms with Gasteiger partial charge in [-0.3, -0.25) is 0 Å². The molecule has 0 aliphatic carbocycles. The van der Waals surface area contributed by atoms with Gasteiger partial charge in [0, 0.05) is 13.1 Å². The molecule has 0 aromatic heterocycles. The first-order valence-electron chi connectivity index (χ1n) is 1.97. The second-order valence-corrected chi connectivity index (χ2v) is 2.33. The van der Waals surface area contributed by atoms with Crippen LogP contribution in [0.15, 0.2) is 0 Å². The van der Waals surface area contributed by atoms with E-state index in [1.807, 2.05) is 0 Å². The van der Waals surface area contributed by atoms with Crippen molar-refractivity contribution >= 4 is 10.3 Å². The molecule has 0 aliphatic rings. The maximum atomic E-state index is 9.67. The molecule has 0 rings (SSSR count). The van der Waals surface area contributed by atoms with Gasteiger partial charge >= 0.3 is 0 Å². The maximum Gasteiger partial charge on any atom is 0.159 e. The molecule has 0 aromatic rings. The van der Waals surface area contributed by atoms with Gasteiger partial charge in [-0.1, -0.05) is 0 Å². The summed E-state index contributed by atoms with van der Waals surface area (Å²) in [6.45, 7) is 0.146. The summed E-state index contributed by atoms with van der Waals surface area (Å²) < 4.78 is 30.7. The third kappa shape index (κ3) is 5.83. The van der Waals surface area contributed by atoms with E-state index < -0.39 is 10.3 Å². The Bertz CT molecular complexity index is 139. The largest absolute Gasteiger partial charge is 0.735 e. The highest BCUT2D eigenvalue weighted by molar-refractivity contribution is 7.83. The topological polar surface area (TPSA) is 95.2 Å². The molecule has 6 heteroatoms. The molecule has 0 aliphatic heterocycles. The van der Waals surface area contributed by atoms with Crippen LogP contribution in [-0.2, 0) is 10.3 Å². The molecule has 0 fully saturated rings. The van der Waals surface area contributed by atoms with E-state index in [0.29, 0.717) is 0 Å². The highest BCUT2D eigenvalue weighted by Crippen LogP contribution is 1.66. The summed E-state index contributed by atoms with van der Waals surface area (Å²) in [5.74, 6) is 0. The molecule has 5 nitrogen and oxygen atoms in total. The van der Waals surface area contributed by atoms with Gasteiger partial charge in [0.2, 0.25) is 0 Å². The molecule has 8 heavy (non-hydrogen) atoms. The third-order valence-electron chi connectivity index (χ3n) is 0.423. The van der Waals surface area contributed by atoms with Crippen molar-refractivity contribution in [2.45, 2.75) is 0 Å². The van der Waals surface area contributed by atoms with Crippen LogP contribution in [0.4, 0.5) is 0 Å². The SMILES string of the molecule is NCCNS(=O)(=O)[O-]. The molecule has 50 valence electrons. The summed E-state index contributed by atoms with van der Waals surface area (Å²) in [5, 5.41) is 0. The summed E-state index contributed by atoms with van der Waals surface area (Å²) in [7, 11) is -4.27. The van der Waals surface area contributed by atoms with Crippen molar-refractivity contribution in [2.24, 2.45) is 5.73 Å². The van der Waals surface area contributed by atoms with Crippen LogP contribution in [0.5, 0.6) is 0 Å². The average Bonchev–Trinajstić information content (AvgIpc) is 1.59. The second-order valence-electron chi connectivity index (χ2n) is 1.14. The van der Waals surface area contributed by atoms with Crippen LogP contribution in [0, 0.1) is 0 Å². The van der Waals surface area contributed by atoms with Gasteiger partial charge in [0.15, 0.2) is 10.3 Å². The van der Waals surface area contributed by atoms with E-state index in [4.69, 9.17) is 5.73 Å². The molecular weight excluding hydrogens is 132 g/mol. The summed E-state index contributed by atoms with van der Waals surface area (Å²) in [6, 6.07) is 0. The highest BCUT2D eigenvalue weighted by atomic mass is 32.2. The number of rotatable bonds is 3. The van der Waals surface area contributed by atoms with Crippen LogP contribution in [0.25, 0.3) is 0 Å². The summed E-state index contributed by atoms with van der Waals surface area (Å²) >= 11 is 0. The minimum Gasteiger partial charge on any atom is -0.735 e. The lowest BCUT2D eigenvalue weighted by Crippen LogP contribution is -2.28. The zero-order chi connectivity index (χ0) is 6.62. The van der Waals surface area contributed by atoms with E-state index in [2.05, 4.69) is 0 Å². The summed E-state index contributed by atoms with van der Waals surface area (Å²) in [5.41, 5.74) is 4.87. The van der Waals surface area contributed by atoms with Crippen molar-refractivity contribution in [3.63, 3.8) is 0 Å². The average molecular weight is 139 g/mol. The van der Waals surface area contributed by atoms with Gasteiger partial charge in [-0.15, -0.1) is 0 Å². The molecule has 0 amide bonds.